The lowest BCUT2D eigenvalue weighted by Crippen LogP contribution is -2.44. The number of likely N-dealkylation sites (tertiary alicyclic amines) is 2. The Kier molecular flexibility index (Phi) is 5.25. The number of hydrogen-bond donors (Lipinski definition) is 0. The van der Waals surface area contributed by atoms with Gasteiger partial charge in [0.1, 0.15) is 0 Å². The number of nitrogens with zero attached hydrogens (tertiary/aromatic N) is 5. The number of hydrogen-bond acceptors (Lipinski definition) is 6. The van der Waals surface area contributed by atoms with Crippen molar-refractivity contribution in [3.63, 3.8) is 0 Å². The van der Waals surface area contributed by atoms with Gasteiger partial charge in [0, 0.05) is 19.5 Å². The monoisotopic (exact) mass is 375 g/mol. The second kappa shape index (κ2) is 7.51. The molecule has 1 spiro atoms. The highest BCUT2D eigenvalue weighted by molar-refractivity contribution is 5.82. The minimum absolute atomic E-state index is 0.0100. The zero-order valence-electron chi connectivity index (χ0n) is 17.0. The summed E-state index contributed by atoms with van der Waals surface area (Å²) in [6, 6.07) is -0.0100. The highest BCUT2D eigenvalue weighted by Crippen LogP contribution is 2.43. The summed E-state index contributed by atoms with van der Waals surface area (Å²) in [5.41, 5.74) is 0.312. The van der Waals surface area contributed by atoms with Crippen LogP contribution in [0.4, 0.5) is 0 Å². The van der Waals surface area contributed by atoms with Gasteiger partial charge in [-0.15, -0.1) is 0 Å². The third-order valence-corrected chi connectivity index (χ3v) is 6.62. The lowest BCUT2D eigenvalue weighted by molar-refractivity contribution is -0.135. The van der Waals surface area contributed by atoms with Crippen LogP contribution in [0.5, 0.6) is 0 Å². The fraction of sp³-hybridized carbons (Fsp3) is 0.850. The summed E-state index contributed by atoms with van der Waals surface area (Å²) in [5.74, 6) is 2.04. The van der Waals surface area contributed by atoms with Gasteiger partial charge >= 0.3 is 0 Å². The van der Waals surface area contributed by atoms with E-state index in [0.717, 1.165) is 57.7 Å². The SMILES string of the molecule is CCCN1CC2(CCN(C)CC2)C[C@@H]1C(=O)N(C)Cc1nc(C2CC2)no1. The molecule has 0 radical (unpaired) electrons. The van der Waals surface area contributed by atoms with E-state index in [1.54, 1.807) is 4.90 Å². The molecule has 150 valence electrons. The second-order valence-corrected chi connectivity index (χ2v) is 9.01. The average molecular weight is 376 g/mol. The van der Waals surface area contributed by atoms with Gasteiger partial charge in [-0.1, -0.05) is 12.1 Å². The van der Waals surface area contributed by atoms with Crippen molar-refractivity contribution in [3.8, 4) is 0 Å². The molecule has 1 amide bonds. The van der Waals surface area contributed by atoms with E-state index in [2.05, 4.69) is 33.9 Å². The van der Waals surface area contributed by atoms with Crippen LogP contribution >= 0.6 is 0 Å². The van der Waals surface area contributed by atoms with Crippen molar-refractivity contribution in [1.29, 1.82) is 0 Å². The van der Waals surface area contributed by atoms with Crippen molar-refractivity contribution >= 4 is 5.91 Å². The zero-order valence-corrected chi connectivity index (χ0v) is 17.0. The lowest BCUT2D eigenvalue weighted by atomic mass is 9.76. The molecule has 1 atom stereocenters. The molecule has 2 saturated heterocycles. The molecule has 7 nitrogen and oxygen atoms in total. The van der Waals surface area contributed by atoms with Crippen LogP contribution < -0.4 is 0 Å². The number of likely N-dealkylation sites (N-methyl/N-ethyl adjacent to an activating group) is 1. The van der Waals surface area contributed by atoms with Crippen LogP contribution in [0.3, 0.4) is 0 Å². The van der Waals surface area contributed by atoms with Gasteiger partial charge in [0.05, 0.1) is 12.6 Å². The number of carbonyl (C=O) groups is 1. The molecule has 27 heavy (non-hydrogen) atoms. The summed E-state index contributed by atoms with van der Waals surface area (Å²) in [6.07, 6.45) is 6.77. The Morgan fingerprint density at radius 3 is 2.74 bits per heavy atom. The maximum atomic E-state index is 13.3. The van der Waals surface area contributed by atoms with E-state index in [1.165, 1.54) is 12.8 Å². The van der Waals surface area contributed by atoms with Crippen LogP contribution in [0.2, 0.25) is 0 Å². The van der Waals surface area contributed by atoms with Crippen molar-refractivity contribution in [2.75, 3.05) is 40.3 Å². The molecular weight excluding hydrogens is 342 g/mol. The molecular formula is C20H33N5O2. The Bertz CT molecular complexity index is 663. The highest BCUT2D eigenvalue weighted by Gasteiger charge is 2.47. The van der Waals surface area contributed by atoms with Crippen molar-refractivity contribution < 1.29 is 9.32 Å². The molecule has 3 heterocycles. The number of piperidine rings is 1. The quantitative estimate of drug-likeness (QED) is 0.759. The topological polar surface area (TPSA) is 65.7 Å². The van der Waals surface area contributed by atoms with Crippen LogP contribution in [-0.2, 0) is 11.3 Å². The molecule has 1 saturated carbocycles. The van der Waals surface area contributed by atoms with Crippen molar-refractivity contribution in [1.82, 2.24) is 24.8 Å². The number of carbonyl (C=O) groups excluding carboxylic acids is 1. The van der Waals surface area contributed by atoms with Gasteiger partial charge in [0.15, 0.2) is 5.82 Å². The molecule has 0 bridgehead atoms. The summed E-state index contributed by atoms with van der Waals surface area (Å²) in [4.78, 5) is 24.4. The van der Waals surface area contributed by atoms with Gasteiger partial charge < -0.3 is 14.3 Å². The standard InChI is InChI=1S/C20H33N5O2/c1-4-9-25-14-20(7-10-23(2)11-8-20)12-16(25)19(26)24(3)13-17-21-18(22-27-17)15-5-6-15/h15-16H,4-14H2,1-3H3/t16-/m1/s1. The van der Waals surface area contributed by atoms with Crippen molar-refractivity contribution in [2.45, 2.75) is 64.0 Å². The molecule has 1 aromatic heterocycles. The summed E-state index contributed by atoms with van der Waals surface area (Å²) in [6.45, 7) is 6.94. The minimum atomic E-state index is -0.0100. The maximum Gasteiger partial charge on any atom is 0.246 e. The van der Waals surface area contributed by atoms with Gasteiger partial charge in [0.2, 0.25) is 11.8 Å². The summed E-state index contributed by atoms with van der Waals surface area (Å²) < 4.78 is 5.37. The van der Waals surface area contributed by atoms with Crippen LogP contribution in [0.15, 0.2) is 4.52 Å². The predicted molar refractivity (Wildman–Crippen MR) is 102 cm³/mol. The van der Waals surface area contributed by atoms with Gasteiger partial charge in [-0.2, -0.15) is 4.98 Å². The molecule has 2 aliphatic heterocycles. The van der Waals surface area contributed by atoms with E-state index in [0.29, 0.717) is 23.8 Å². The second-order valence-electron chi connectivity index (χ2n) is 9.01. The summed E-state index contributed by atoms with van der Waals surface area (Å²) in [5, 5.41) is 4.07. The average Bonchev–Trinajstić information content (AvgIpc) is 3.31. The largest absolute Gasteiger partial charge is 0.337 e. The van der Waals surface area contributed by atoms with Gasteiger partial charge in [-0.25, -0.2) is 0 Å². The Morgan fingerprint density at radius 1 is 1.33 bits per heavy atom. The van der Waals surface area contributed by atoms with E-state index in [1.807, 2.05) is 7.05 Å². The molecule has 1 aliphatic carbocycles. The molecule has 1 aromatic rings. The molecule has 0 aromatic carbocycles. The van der Waals surface area contributed by atoms with Crippen LogP contribution in [0.1, 0.15) is 63.1 Å². The lowest BCUT2D eigenvalue weighted by Gasteiger charge is -2.37. The predicted octanol–water partition coefficient (Wildman–Crippen LogP) is 2.10. The van der Waals surface area contributed by atoms with Gasteiger partial charge in [-0.05, 0) is 70.6 Å². The molecule has 0 unspecified atom stereocenters. The third kappa shape index (κ3) is 4.04. The van der Waals surface area contributed by atoms with Crippen molar-refractivity contribution in [3.05, 3.63) is 11.7 Å². The molecule has 3 aliphatic rings. The Hall–Kier alpha value is -1.47. The first-order valence-electron chi connectivity index (χ1n) is 10.5. The van der Waals surface area contributed by atoms with Gasteiger partial charge in [-0.3, -0.25) is 9.69 Å². The number of rotatable bonds is 6. The van der Waals surface area contributed by atoms with E-state index < -0.39 is 0 Å². The minimum Gasteiger partial charge on any atom is -0.337 e. The van der Waals surface area contributed by atoms with Crippen LogP contribution in [0.25, 0.3) is 0 Å². The highest BCUT2D eigenvalue weighted by atomic mass is 16.5. The van der Waals surface area contributed by atoms with E-state index in [9.17, 15) is 4.79 Å². The Labute approximate surface area is 162 Å². The first kappa shape index (κ1) is 18.9. The molecule has 0 N–H and O–H groups in total. The van der Waals surface area contributed by atoms with Gasteiger partial charge in [0.25, 0.3) is 0 Å². The Morgan fingerprint density at radius 2 is 2.07 bits per heavy atom. The zero-order chi connectivity index (χ0) is 19.0. The molecule has 4 rings (SSSR count). The maximum absolute atomic E-state index is 13.3. The van der Waals surface area contributed by atoms with Crippen LogP contribution in [-0.4, -0.2) is 77.1 Å². The summed E-state index contributed by atoms with van der Waals surface area (Å²) >= 11 is 0. The van der Waals surface area contributed by atoms with E-state index in [-0.39, 0.29) is 11.9 Å². The van der Waals surface area contributed by atoms with Crippen molar-refractivity contribution in [2.24, 2.45) is 5.41 Å². The third-order valence-electron chi connectivity index (χ3n) is 6.62. The summed E-state index contributed by atoms with van der Waals surface area (Å²) in [7, 11) is 4.06. The smallest absolute Gasteiger partial charge is 0.246 e. The fourth-order valence-corrected chi connectivity index (χ4v) is 4.74. The first-order valence-corrected chi connectivity index (χ1v) is 10.5. The number of amides is 1. The van der Waals surface area contributed by atoms with Crippen LogP contribution in [0, 0.1) is 5.41 Å². The molecule has 3 fully saturated rings. The number of aromatic nitrogens is 2. The van der Waals surface area contributed by atoms with E-state index >= 15 is 0 Å². The Balaban J connectivity index is 1.41. The van der Waals surface area contributed by atoms with E-state index in [4.69, 9.17) is 4.52 Å². The first-order chi connectivity index (χ1) is 13.0. The normalized spacial score (nSPS) is 26.0. The molecule has 7 heteroatoms. The fourth-order valence-electron chi connectivity index (χ4n) is 4.74.